The Morgan fingerprint density at radius 2 is 0.290 bits per heavy atom. The number of nitrogens with two attached hydrogens (primary N) is 7. The van der Waals surface area contributed by atoms with Crippen molar-refractivity contribution in [2.45, 2.75) is 389 Å². The normalized spacial score (nSPS) is 15.1. The van der Waals surface area contributed by atoms with Crippen LogP contribution in [0.1, 0.15) is 298 Å². The number of carbonyl (C=O) groups excluding carboxylic acids is 15. The van der Waals surface area contributed by atoms with Crippen molar-refractivity contribution in [3.05, 3.63) is 0 Å². The van der Waals surface area contributed by atoms with E-state index in [9.17, 15) is 81.8 Å². The smallest absolute Gasteiger partial charge is 0.326 e. The van der Waals surface area contributed by atoms with Gasteiger partial charge >= 0.3 is 5.97 Å². The van der Waals surface area contributed by atoms with Gasteiger partial charge in [-0.1, -0.05) is 125 Å². The molecule has 0 saturated carbocycles. The van der Waals surface area contributed by atoms with Crippen LogP contribution in [0.3, 0.4) is 0 Å². The molecule has 0 aliphatic carbocycles. The number of aliphatic carboxylic acids is 1. The summed E-state index contributed by atoms with van der Waals surface area (Å²) < 4.78 is 0. The maximum absolute atomic E-state index is 14.9. The zero-order valence-electron chi connectivity index (χ0n) is 82.4. The lowest BCUT2D eigenvalue weighted by Crippen LogP contribution is -2.61. The predicted octanol–water partition coefficient (Wildman–Crippen LogP) is 1.49. The summed E-state index contributed by atoms with van der Waals surface area (Å²) in [6.07, 6.45) is 6.21. The Bertz CT molecular complexity index is 3430. The first-order valence-electron chi connectivity index (χ1n) is 48.3. The molecule has 756 valence electrons. The summed E-state index contributed by atoms with van der Waals surface area (Å²) in [5, 5.41) is 51.8. The van der Waals surface area contributed by atoms with Crippen LogP contribution in [0, 0.1) is 53.3 Å². The van der Waals surface area contributed by atoms with E-state index in [1.54, 1.807) is 0 Å². The number of unbranched alkanes of at least 4 members (excludes halogenated alkanes) is 6. The molecule has 0 aliphatic rings. The van der Waals surface area contributed by atoms with Crippen molar-refractivity contribution in [2.24, 2.45) is 93.4 Å². The van der Waals surface area contributed by atoms with Gasteiger partial charge in [-0.15, -0.1) is 0 Å². The van der Waals surface area contributed by atoms with Crippen LogP contribution < -0.4 is 120 Å². The monoisotopic (exact) mass is 1860 g/mol. The van der Waals surface area contributed by atoms with Crippen LogP contribution in [0.5, 0.6) is 0 Å². The molecule has 0 heterocycles. The van der Waals surface area contributed by atoms with E-state index in [4.69, 9.17) is 40.1 Å². The number of carboxylic acid groups (broad SMARTS) is 1. The molecule has 0 saturated heterocycles. The van der Waals surface area contributed by atoms with Gasteiger partial charge in [-0.25, -0.2) is 4.79 Å². The summed E-state index contributed by atoms with van der Waals surface area (Å²) in [7, 11) is 0. The molecule has 0 spiro atoms. The highest BCUT2D eigenvalue weighted by Gasteiger charge is 2.40. The van der Waals surface area contributed by atoms with Crippen LogP contribution in [-0.2, 0) is 76.7 Å². The number of nitrogens with one attached hydrogen (secondary N) is 15. The van der Waals surface area contributed by atoms with E-state index < -0.39 is 185 Å². The van der Waals surface area contributed by atoms with Gasteiger partial charge in [0.15, 0.2) is 0 Å². The molecule has 39 heteroatoms. The van der Waals surface area contributed by atoms with Crippen LogP contribution in [0.2, 0.25) is 0 Å². The number of carbonyl (C=O) groups is 16. The van der Waals surface area contributed by atoms with E-state index in [1.807, 2.05) is 125 Å². The zero-order valence-corrected chi connectivity index (χ0v) is 82.4. The number of carboxylic acids is 1. The van der Waals surface area contributed by atoms with Gasteiger partial charge in [0.05, 0.1) is 6.54 Å². The molecule has 0 rings (SSSR count). The van der Waals surface area contributed by atoms with E-state index in [0.717, 1.165) is 0 Å². The van der Waals surface area contributed by atoms with Gasteiger partial charge in [0.25, 0.3) is 0 Å². The second kappa shape index (κ2) is 68.3. The van der Waals surface area contributed by atoms with Gasteiger partial charge in [-0.2, -0.15) is 0 Å². The third-order valence-corrected chi connectivity index (χ3v) is 21.7. The first kappa shape index (κ1) is 122. The quantitative estimate of drug-likeness (QED) is 0.0384. The van der Waals surface area contributed by atoms with E-state index in [1.165, 1.54) is 0 Å². The molecule has 0 aliphatic heterocycles. The zero-order chi connectivity index (χ0) is 99.7. The Morgan fingerprint density at radius 1 is 0.176 bits per heavy atom. The minimum Gasteiger partial charge on any atom is -0.480 e. The summed E-state index contributed by atoms with van der Waals surface area (Å²) in [4.78, 5) is 229. The lowest BCUT2D eigenvalue weighted by molar-refractivity contribution is -0.142. The fraction of sp³-hybridized carbons (Fsp3) is 0.826. The van der Waals surface area contributed by atoms with Crippen molar-refractivity contribution in [1.82, 2.24) is 79.8 Å². The highest BCUT2D eigenvalue weighted by Crippen LogP contribution is 2.20. The van der Waals surface area contributed by atoms with E-state index >= 15 is 0 Å². The third-order valence-electron chi connectivity index (χ3n) is 21.7. The summed E-state index contributed by atoms with van der Waals surface area (Å²) in [6.45, 7) is 34.2. The molecule has 15 atom stereocenters. The Kier molecular flexibility index (Phi) is 63.7. The summed E-state index contributed by atoms with van der Waals surface area (Å²) in [6, 6.07) is -18.8. The van der Waals surface area contributed by atoms with Crippen LogP contribution in [0.15, 0.2) is 0 Å². The number of hydrogen-bond donors (Lipinski definition) is 23. The minimum atomic E-state index is -1.33. The Balaban J connectivity index is 7.46. The Hall–Kier alpha value is -8.76. The lowest BCUT2D eigenvalue weighted by atomic mass is 9.98. The summed E-state index contributed by atoms with van der Waals surface area (Å²) >= 11 is 0. The van der Waals surface area contributed by atoms with E-state index in [0.29, 0.717) is 90.1 Å². The van der Waals surface area contributed by atoms with Gasteiger partial charge in [0.1, 0.15) is 90.6 Å². The lowest BCUT2D eigenvalue weighted by Gasteiger charge is -2.30. The molecule has 39 nitrogen and oxygen atoms in total. The van der Waals surface area contributed by atoms with E-state index in [-0.39, 0.29) is 182 Å². The number of rotatable bonds is 73. The van der Waals surface area contributed by atoms with Gasteiger partial charge in [0, 0.05) is 0 Å². The summed E-state index contributed by atoms with van der Waals surface area (Å²) in [5.41, 5.74) is 40.7. The van der Waals surface area contributed by atoms with Crippen molar-refractivity contribution in [1.29, 1.82) is 0 Å². The number of hydrogen-bond acceptors (Lipinski definition) is 23. The standard InChI is InChI=1S/C92H176N22O17/c1-53(2)43-68(100-77(115)52-99)83(121)110-69(44-54(3)4)84(122)104-65(34-22-28-40-96)81(119)108-74(49-59(13)14)89(127)111-70(45-55(5)6)85(123)102-62(31-19-25-37-93)78(116)101-64(33-21-27-39-95)80(118)107-73(48-58(11)12)88(126)112-72(47-57(9)10)87(125)105-66(35-23-29-41-97)82(120)109-75(50-60(15)16)90(128)114-76(51-61(17)18)91(129)113-71(46-56(7)8)86(124)103-63(32-20-26-38-94)79(117)106-67(92(130)131)36-24-30-42-98/h53-76H,19-52,93-99H2,1-18H3,(H,100,115)(H,101,116)(H,102,123)(H,103,124)(H,104,122)(H,105,125)(H,106,117)(H,107,118)(H,108,119)(H,109,120)(H,110,121)(H,111,127)(H,112,126)(H,113,129)(H,114,128)(H,130,131)/t62-,63+,64-,65+,66+,67+,68+,69-,70+,71+,72-,73+,74+,75+,76-/m1/s1. The molecule has 0 aromatic rings. The van der Waals surface area contributed by atoms with Crippen LogP contribution in [-0.4, -0.2) is 236 Å². The first-order valence-corrected chi connectivity index (χ1v) is 48.3. The molecule has 0 bridgehead atoms. The highest BCUT2D eigenvalue weighted by molar-refractivity contribution is 6.01. The Morgan fingerprint density at radius 3 is 0.412 bits per heavy atom. The first-order chi connectivity index (χ1) is 61.6. The molecule has 0 radical (unpaired) electrons. The molecule has 15 amide bonds. The van der Waals surface area contributed by atoms with Crippen molar-refractivity contribution in [3.8, 4) is 0 Å². The average Bonchev–Trinajstić information content (AvgIpc) is 0.857. The van der Waals surface area contributed by atoms with E-state index in [2.05, 4.69) is 79.8 Å². The fourth-order valence-electron chi connectivity index (χ4n) is 15.0. The van der Waals surface area contributed by atoms with Crippen LogP contribution in [0.25, 0.3) is 0 Å². The average molecular weight is 1860 g/mol. The molecule has 0 fully saturated rings. The van der Waals surface area contributed by atoms with Gasteiger partial charge in [-0.05, 0) is 266 Å². The fourth-order valence-corrected chi connectivity index (χ4v) is 15.0. The molecule has 0 unspecified atom stereocenters. The van der Waals surface area contributed by atoms with Gasteiger partial charge in [-0.3, -0.25) is 71.9 Å². The van der Waals surface area contributed by atoms with Crippen molar-refractivity contribution in [2.75, 3.05) is 45.8 Å². The molecule has 0 aromatic carbocycles. The van der Waals surface area contributed by atoms with Crippen molar-refractivity contribution < 1.29 is 81.8 Å². The Labute approximate surface area is 780 Å². The van der Waals surface area contributed by atoms with Crippen LogP contribution >= 0.6 is 0 Å². The number of amides is 15. The predicted molar refractivity (Wildman–Crippen MR) is 508 cm³/mol. The second-order valence-electron chi connectivity index (χ2n) is 38.9. The minimum absolute atomic E-state index is 0.0165. The second-order valence-corrected chi connectivity index (χ2v) is 38.9. The highest BCUT2D eigenvalue weighted by atomic mass is 16.4. The molecule has 0 aromatic heterocycles. The summed E-state index contributed by atoms with van der Waals surface area (Å²) in [5.74, 6) is -13.8. The maximum atomic E-state index is 14.9. The molecular weight excluding hydrogens is 1690 g/mol. The van der Waals surface area contributed by atoms with Crippen molar-refractivity contribution >= 4 is 94.6 Å². The van der Waals surface area contributed by atoms with Gasteiger partial charge < -0.3 is 125 Å². The maximum Gasteiger partial charge on any atom is 0.326 e. The third kappa shape index (κ3) is 53.7. The largest absolute Gasteiger partial charge is 0.480 e. The SMILES string of the molecule is CC(C)C[C@H](NC(=O)CN)C(=O)N[C@H](CC(C)C)C(=O)N[C@@H](CCCCN)C(=O)N[C@@H](CC(C)C)C(=O)N[C@@H](CC(C)C)C(=O)N[C@H](CCCCN)C(=O)N[C@H](CCCCN)C(=O)N[C@@H](CC(C)C)C(=O)N[C@H](CC(C)C)C(=O)N[C@@H](CCCCN)C(=O)N[C@@H](CC(C)C)C(=O)N[C@H](CC(C)C)C(=O)N[C@@H](CC(C)C)C(=O)N[C@@H](CCCCN)C(=O)N[C@@H](CCCCN)C(=O)O. The molecular formula is C92H176N22O17. The van der Waals surface area contributed by atoms with Crippen molar-refractivity contribution in [3.63, 3.8) is 0 Å². The molecule has 131 heavy (non-hydrogen) atoms. The van der Waals surface area contributed by atoms with Crippen LogP contribution in [0.4, 0.5) is 0 Å². The van der Waals surface area contributed by atoms with Gasteiger partial charge in [0.2, 0.25) is 88.6 Å². The molecule has 30 N–H and O–H groups in total. The topological polar surface area (TPSA) is 656 Å².